The minimum absolute atomic E-state index is 0.237. The first-order chi connectivity index (χ1) is 4.22. The largest absolute Gasteiger partial charge is 0.460 e. The van der Waals surface area contributed by atoms with Gasteiger partial charge in [0.1, 0.15) is 0 Å². The summed E-state index contributed by atoms with van der Waals surface area (Å²) in [7, 11) is 0. The quantitative estimate of drug-likeness (QED) is 0.200. The lowest BCUT2D eigenvalue weighted by molar-refractivity contribution is -0.211. The Balaban J connectivity index is 3.60. The van der Waals surface area contributed by atoms with E-state index in [1.54, 1.807) is 6.92 Å². The Morgan fingerprint density at radius 3 is 2.67 bits per heavy atom. The molecule has 0 aromatic carbocycles. The van der Waals surface area contributed by atoms with Gasteiger partial charge in [-0.3, -0.25) is 0 Å². The average Bonchev–Trinajstić information content (AvgIpc) is 1.87. The molecule has 0 aliphatic carbocycles. The highest BCUT2D eigenvalue weighted by molar-refractivity contribution is 5.85. The molecular formula is C5H8O4. The van der Waals surface area contributed by atoms with E-state index >= 15 is 0 Å². The van der Waals surface area contributed by atoms with Crippen molar-refractivity contribution in [3.05, 3.63) is 12.3 Å². The Bertz CT molecular complexity index is 118. The van der Waals surface area contributed by atoms with Crippen molar-refractivity contribution in [1.82, 2.24) is 0 Å². The molecule has 0 unspecified atom stereocenters. The highest BCUT2D eigenvalue weighted by Gasteiger charge is 2.07. The third-order valence-electron chi connectivity index (χ3n) is 0.613. The number of ether oxygens (including phenoxy) is 1. The SMILES string of the molecule is C=C(OO)C(=O)OCC. The van der Waals surface area contributed by atoms with Crippen LogP contribution in [0.2, 0.25) is 0 Å². The van der Waals surface area contributed by atoms with Crippen molar-refractivity contribution < 1.29 is 19.7 Å². The number of rotatable bonds is 3. The van der Waals surface area contributed by atoms with Crippen molar-refractivity contribution in [1.29, 1.82) is 0 Å². The zero-order valence-electron chi connectivity index (χ0n) is 5.09. The fourth-order valence-corrected chi connectivity index (χ4v) is 0.249. The highest BCUT2D eigenvalue weighted by atomic mass is 17.1. The summed E-state index contributed by atoms with van der Waals surface area (Å²) in [6, 6.07) is 0. The molecule has 0 rings (SSSR count). The van der Waals surface area contributed by atoms with Gasteiger partial charge in [-0.1, -0.05) is 0 Å². The van der Waals surface area contributed by atoms with Gasteiger partial charge in [0, 0.05) is 0 Å². The molecule has 0 saturated heterocycles. The van der Waals surface area contributed by atoms with Crippen LogP contribution in [0.5, 0.6) is 0 Å². The van der Waals surface area contributed by atoms with Crippen LogP contribution in [0.3, 0.4) is 0 Å². The standard InChI is InChI=1S/C5H8O4/c1-3-8-5(6)4(2)9-7/h7H,2-3H2,1H3. The van der Waals surface area contributed by atoms with Crippen LogP contribution in [0.25, 0.3) is 0 Å². The van der Waals surface area contributed by atoms with E-state index in [1.807, 2.05) is 0 Å². The molecule has 0 bridgehead atoms. The third kappa shape index (κ3) is 2.71. The van der Waals surface area contributed by atoms with E-state index in [-0.39, 0.29) is 6.61 Å². The summed E-state index contributed by atoms with van der Waals surface area (Å²) in [5.74, 6) is -1.16. The maximum Gasteiger partial charge on any atom is 0.377 e. The molecule has 0 atom stereocenters. The van der Waals surface area contributed by atoms with Gasteiger partial charge in [-0.15, -0.1) is 0 Å². The van der Waals surface area contributed by atoms with Gasteiger partial charge in [-0.05, 0) is 13.5 Å². The van der Waals surface area contributed by atoms with Crippen molar-refractivity contribution in [2.75, 3.05) is 6.61 Å². The average molecular weight is 132 g/mol. The second kappa shape index (κ2) is 3.91. The van der Waals surface area contributed by atoms with E-state index in [1.165, 1.54) is 0 Å². The Labute approximate surface area is 52.6 Å². The van der Waals surface area contributed by atoms with E-state index < -0.39 is 11.7 Å². The molecule has 1 N–H and O–H groups in total. The summed E-state index contributed by atoms with van der Waals surface area (Å²) in [5, 5.41) is 7.83. The zero-order chi connectivity index (χ0) is 7.28. The second-order valence-electron chi connectivity index (χ2n) is 1.23. The molecule has 0 saturated carbocycles. The second-order valence-corrected chi connectivity index (χ2v) is 1.23. The Hall–Kier alpha value is -1.03. The number of esters is 1. The van der Waals surface area contributed by atoms with Gasteiger partial charge in [0.2, 0.25) is 5.76 Å². The van der Waals surface area contributed by atoms with Crippen LogP contribution in [0.1, 0.15) is 6.92 Å². The first-order valence-electron chi connectivity index (χ1n) is 2.39. The number of hydrogen-bond acceptors (Lipinski definition) is 4. The molecule has 0 amide bonds. The van der Waals surface area contributed by atoms with Gasteiger partial charge in [-0.2, -0.15) is 0 Å². The number of carbonyl (C=O) groups is 1. The first-order valence-corrected chi connectivity index (χ1v) is 2.39. The summed E-state index contributed by atoms with van der Waals surface area (Å²) < 4.78 is 4.37. The molecule has 52 valence electrons. The van der Waals surface area contributed by atoms with Crippen LogP contribution in [-0.4, -0.2) is 17.8 Å². The van der Waals surface area contributed by atoms with E-state index in [0.717, 1.165) is 0 Å². The van der Waals surface area contributed by atoms with Crippen molar-refractivity contribution in [2.24, 2.45) is 0 Å². The molecule has 4 heteroatoms. The maximum absolute atomic E-state index is 10.4. The maximum atomic E-state index is 10.4. The van der Waals surface area contributed by atoms with Crippen molar-refractivity contribution in [3.8, 4) is 0 Å². The molecule has 0 aromatic heterocycles. The van der Waals surface area contributed by atoms with Gasteiger partial charge in [-0.25, -0.2) is 10.1 Å². The normalized spacial score (nSPS) is 8.22. The van der Waals surface area contributed by atoms with E-state index in [4.69, 9.17) is 5.26 Å². The fourth-order valence-electron chi connectivity index (χ4n) is 0.249. The van der Waals surface area contributed by atoms with Gasteiger partial charge in [0.25, 0.3) is 0 Å². The predicted octanol–water partition coefficient (Wildman–Crippen LogP) is 0.553. The molecule has 0 aliphatic heterocycles. The number of carbonyl (C=O) groups excluding carboxylic acids is 1. The van der Waals surface area contributed by atoms with E-state index in [2.05, 4.69) is 16.2 Å². The van der Waals surface area contributed by atoms with Crippen LogP contribution in [-0.2, 0) is 14.4 Å². The monoisotopic (exact) mass is 132 g/mol. The Morgan fingerprint density at radius 2 is 2.33 bits per heavy atom. The predicted molar refractivity (Wildman–Crippen MR) is 29.5 cm³/mol. The Kier molecular flexibility index (Phi) is 3.46. The molecular weight excluding hydrogens is 124 g/mol. The van der Waals surface area contributed by atoms with E-state index in [0.29, 0.717) is 0 Å². The van der Waals surface area contributed by atoms with Crippen molar-refractivity contribution in [3.63, 3.8) is 0 Å². The molecule has 0 spiro atoms. The van der Waals surface area contributed by atoms with Crippen LogP contribution in [0, 0.1) is 0 Å². The zero-order valence-corrected chi connectivity index (χ0v) is 5.09. The Morgan fingerprint density at radius 1 is 1.78 bits per heavy atom. The summed E-state index contributed by atoms with van der Waals surface area (Å²) in [6.45, 7) is 4.92. The lowest BCUT2D eigenvalue weighted by Crippen LogP contribution is -2.07. The minimum atomic E-state index is -0.750. The number of hydrogen-bond donors (Lipinski definition) is 1. The molecule has 0 fully saturated rings. The third-order valence-corrected chi connectivity index (χ3v) is 0.613. The summed E-state index contributed by atoms with van der Waals surface area (Å²) in [6.07, 6.45) is 0. The lowest BCUT2D eigenvalue weighted by atomic mass is 10.6. The molecule has 0 radical (unpaired) electrons. The van der Waals surface area contributed by atoms with Gasteiger partial charge >= 0.3 is 5.97 Å². The van der Waals surface area contributed by atoms with Crippen LogP contribution >= 0.6 is 0 Å². The molecule has 0 aliphatic rings. The fraction of sp³-hybridized carbons (Fsp3) is 0.400. The minimum Gasteiger partial charge on any atom is -0.460 e. The molecule has 9 heavy (non-hydrogen) atoms. The summed E-state index contributed by atoms with van der Waals surface area (Å²) in [5.41, 5.74) is 0. The van der Waals surface area contributed by atoms with E-state index in [9.17, 15) is 4.79 Å². The van der Waals surface area contributed by atoms with Gasteiger partial charge < -0.3 is 9.62 Å². The highest BCUT2D eigenvalue weighted by Crippen LogP contribution is 1.92. The first kappa shape index (κ1) is 7.97. The van der Waals surface area contributed by atoms with Crippen LogP contribution < -0.4 is 0 Å². The van der Waals surface area contributed by atoms with Gasteiger partial charge in [0.05, 0.1) is 6.61 Å². The molecule has 4 nitrogen and oxygen atoms in total. The molecule has 0 heterocycles. The van der Waals surface area contributed by atoms with Crippen LogP contribution in [0.4, 0.5) is 0 Å². The summed E-state index contributed by atoms with van der Waals surface area (Å²) in [4.78, 5) is 13.9. The topological polar surface area (TPSA) is 55.8 Å². The lowest BCUT2D eigenvalue weighted by Gasteiger charge is -1.99. The molecule has 0 aromatic rings. The van der Waals surface area contributed by atoms with Gasteiger partial charge in [0.15, 0.2) is 0 Å². The van der Waals surface area contributed by atoms with Crippen molar-refractivity contribution >= 4 is 5.97 Å². The summed E-state index contributed by atoms with van der Waals surface area (Å²) >= 11 is 0. The van der Waals surface area contributed by atoms with Crippen LogP contribution in [0.15, 0.2) is 12.3 Å². The smallest absolute Gasteiger partial charge is 0.377 e. The van der Waals surface area contributed by atoms with Crippen molar-refractivity contribution in [2.45, 2.75) is 6.92 Å².